The normalized spacial score (nSPS) is 11.7. The molecule has 5 nitrogen and oxygen atoms in total. The predicted octanol–water partition coefficient (Wildman–Crippen LogP) is 1.42. The van der Waals surface area contributed by atoms with Crippen LogP contribution in [-0.2, 0) is 21.4 Å². The number of nitrogens with two attached hydrogens (primary N) is 1. The molecular weight excluding hydrogens is 388 g/mol. The summed E-state index contributed by atoms with van der Waals surface area (Å²) < 4.78 is 25.2. The number of alkyl halides is 1. The van der Waals surface area contributed by atoms with Crippen molar-refractivity contribution < 1.29 is 13.2 Å². The summed E-state index contributed by atoms with van der Waals surface area (Å²) >= 11 is 6.19. The molecule has 18 heavy (non-hydrogen) atoms. The first-order chi connectivity index (χ1) is 8.35. The quantitative estimate of drug-likeness (QED) is 0.734. The van der Waals surface area contributed by atoms with E-state index in [1.807, 2.05) is 0 Å². The van der Waals surface area contributed by atoms with E-state index in [9.17, 15) is 13.2 Å². The van der Waals surface area contributed by atoms with Crippen molar-refractivity contribution in [2.75, 3.05) is 11.2 Å². The molecule has 0 aliphatic rings. The minimum absolute atomic E-state index is 0.115. The SMILES string of the molecule is NC(=O)CN(Cc1ccc(Br)cc1)S(=O)(=O)CBr. The third-order valence-electron chi connectivity index (χ3n) is 2.14. The van der Waals surface area contributed by atoms with Crippen LogP contribution in [0.3, 0.4) is 0 Å². The lowest BCUT2D eigenvalue weighted by Gasteiger charge is -2.19. The van der Waals surface area contributed by atoms with Crippen LogP contribution in [0, 0.1) is 0 Å². The molecule has 0 heterocycles. The molecule has 100 valence electrons. The number of halogens is 2. The van der Waals surface area contributed by atoms with E-state index in [4.69, 9.17) is 5.73 Å². The van der Waals surface area contributed by atoms with Crippen LogP contribution < -0.4 is 5.73 Å². The first kappa shape index (κ1) is 15.6. The molecular formula is C10H12Br2N2O3S. The van der Waals surface area contributed by atoms with Crippen LogP contribution >= 0.6 is 31.9 Å². The molecule has 0 aliphatic heterocycles. The minimum Gasteiger partial charge on any atom is -0.369 e. The zero-order chi connectivity index (χ0) is 13.8. The number of primary amides is 1. The summed E-state index contributed by atoms with van der Waals surface area (Å²) in [4.78, 5) is 10.9. The van der Waals surface area contributed by atoms with Gasteiger partial charge in [-0.2, -0.15) is 4.31 Å². The van der Waals surface area contributed by atoms with Gasteiger partial charge < -0.3 is 5.73 Å². The first-order valence-corrected chi connectivity index (χ1v) is 8.44. The molecule has 0 fully saturated rings. The molecule has 1 amide bonds. The molecule has 0 spiro atoms. The number of sulfonamides is 1. The van der Waals surface area contributed by atoms with Crippen LogP contribution in [0.4, 0.5) is 0 Å². The summed E-state index contributed by atoms with van der Waals surface area (Å²) in [5.74, 6) is -0.684. The lowest BCUT2D eigenvalue weighted by Crippen LogP contribution is -2.38. The van der Waals surface area contributed by atoms with Crippen molar-refractivity contribution >= 4 is 47.8 Å². The standard InChI is InChI=1S/C10H12Br2N2O3S/c11-7-18(16,17)14(6-10(13)15)5-8-1-3-9(12)4-2-8/h1-4H,5-7H2,(H2,13,15). The number of benzene rings is 1. The summed E-state index contributed by atoms with van der Waals surface area (Å²) in [6, 6.07) is 7.17. The summed E-state index contributed by atoms with van der Waals surface area (Å²) in [7, 11) is -3.53. The van der Waals surface area contributed by atoms with Crippen molar-refractivity contribution in [3.63, 3.8) is 0 Å². The van der Waals surface area contributed by atoms with E-state index in [-0.39, 0.29) is 17.8 Å². The van der Waals surface area contributed by atoms with Crippen LogP contribution in [0.25, 0.3) is 0 Å². The van der Waals surface area contributed by atoms with Crippen molar-refractivity contribution in [1.29, 1.82) is 0 Å². The maximum Gasteiger partial charge on any atom is 0.232 e. The highest BCUT2D eigenvalue weighted by Crippen LogP contribution is 2.15. The molecule has 0 saturated heterocycles. The van der Waals surface area contributed by atoms with E-state index in [2.05, 4.69) is 31.9 Å². The zero-order valence-electron chi connectivity index (χ0n) is 9.34. The Kier molecular flexibility index (Phi) is 5.77. The lowest BCUT2D eigenvalue weighted by molar-refractivity contribution is -0.118. The average Bonchev–Trinajstić information content (AvgIpc) is 2.30. The Labute approximate surface area is 123 Å². The van der Waals surface area contributed by atoms with Gasteiger partial charge in [-0.25, -0.2) is 8.42 Å². The number of hydrogen-bond donors (Lipinski definition) is 1. The topological polar surface area (TPSA) is 80.5 Å². The second-order valence-electron chi connectivity index (χ2n) is 3.58. The van der Waals surface area contributed by atoms with Gasteiger partial charge in [0, 0.05) is 11.0 Å². The summed E-state index contributed by atoms with van der Waals surface area (Å²) in [5, 5.41) is 0. The molecule has 1 rings (SSSR count). The number of nitrogens with zero attached hydrogens (tertiary/aromatic N) is 1. The van der Waals surface area contributed by atoms with E-state index in [0.717, 1.165) is 14.3 Å². The van der Waals surface area contributed by atoms with Crippen molar-refractivity contribution in [2.24, 2.45) is 5.73 Å². The third-order valence-corrected chi connectivity index (χ3v) is 5.72. The first-order valence-electron chi connectivity index (χ1n) is 4.91. The molecule has 0 saturated carbocycles. The van der Waals surface area contributed by atoms with Crippen molar-refractivity contribution in [1.82, 2.24) is 4.31 Å². The predicted molar refractivity (Wildman–Crippen MR) is 76.5 cm³/mol. The largest absolute Gasteiger partial charge is 0.369 e. The van der Waals surface area contributed by atoms with E-state index in [1.165, 1.54) is 0 Å². The van der Waals surface area contributed by atoms with Crippen molar-refractivity contribution in [3.8, 4) is 0 Å². The Balaban J connectivity index is 2.91. The van der Waals surface area contributed by atoms with Gasteiger partial charge in [-0.3, -0.25) is 4.79 Å². The Hall–Kier alpha value is -0.440. The van der Waals surface area contributed by atoms with Gasteiger partial charge in [-0.1, -0.05) is 44.0 Å². The van der Waals surface area contributed by atoms with Gasteiger partial charge in [0.15, 0.2) is 0 Å². The molecule has 2 N–H and O–H groups in total. The number of carbonyl (C=O) groups excluding carboxylic acids is 1. The van der Waals surface area contributed by atoms with Crippen LogP contribution in [-0.4, -0.2) is 29.8 Å². The highest BCUT2D eigenvalue weighted by Gasteiger charge is 2.22. The summed E-state index contributed by atoms with van der Waals surface area (Å²) in [5.41, 5.74) is 5.84. The van der Waals surface area contributed by atoms with E-state index in [0.29, 0.717) is 0 Å². The molecule has 0 unspecified atom stereocenters. The Morgan fingerprint density at radius 3 is 2.28 bits per heavy atom. The molecule has 0 aliphatic carbocycles. The fraction of sp³-hybridized carbons (Fsp3) is 0.300. The summed E-state index contributed by atoms with van der Waals surface area (Å²) in [6.07, 6.45) is 0. The van der Waals surface area contributed by atoms with E-state index >= 15 is 0 Å². The van der Waals surface area contributed by atoms with Gasteiger partial charge in [-0.05, 0) is 17.7 Å². The highest BCUT2D eigenvalue weighted by atomic mass is 79.9. The molecule has 1 aromatic carbocycles. The average molecular weight is 400 g/mol. The number of rotatable bonds is 6. The zero-order valence-corrected chi connectivity index (χ0v) is 13.3. The molecule has 0 atom stereocenters. The minimum atomic E-state index is -3.53. The fourth-order valence-electron chi connectivity index (χ4n) is 1.29. The van der Waals surface area contributed by atoms with Gasteiger partial charge in [0.2, 0.25) is 15.9 Å². The van der Waals surface area contributed by atoms with Gasteiger partial charge in [0.1, 0.15) is 4.66 Å². The van der Waals surface area contributed by atoms with Crippen LogP contribution in [0.1, 0.15) is 5.56 Å². The lowest BCUT2D eigenvalue weighted by atomic mass is 10.2. The number of amides is 1. The molecule has 0 bridgehead atoms. The van der Waals surface area contributed by atoms with Crippen molar-refractivity contribution in [3.05, 3.63) is 34.3 Å². The maximum absolute atomic E-state index is 11.8. The Morgan fingerprint density at radius 2 is 1.83 bits per heavy atom. The number of carbonyl (C=O) groups is 1. The Bertz CT molecular complexity index is 516. The fourth-order valence-corrected chi connectivity index (χ4v) is 3.23. The smallest absolute Gasteiger partial charge is 0.232 e. The third kappa shape index (κ3) is 4.68. The van der Waals surface area contributed by atoms with Crippen molar-refractivity contribution in [2.45, 2.75) is 6.54 Å². The molecule has 0 radical (unpaired) electrons. The summed E-state index contributed by atoms with van der Waals surface area (Å²) in [6.45, 7) is -0.214. The monoisotopic (exact) mass is 398 g/mol. The molecule has 0 aromatic heterocycles. The second kappa shape index (κ2) is 6.65. The van der Waals surface area contributed by atoms with Gasteiger partial charge >= 0.3 is 0 Å². The van der Waals surface area contributed by atoms with Crippen LogP contribution in [0.2, 0.25) is 0 Å². The maximum atomic E-state index is 11.8. The molecule has 8 heteroatoms. The van der Waals surface area contributed by atoms with Gasteiger partial charge in [0.25, 0.3) is 0 Å². The highest BCUT2D eigenvalue weighted by molar-refractivity contribution is 9.10. The van der Waals surface area contributed by atoms with Gasteiger partial charge in [-0.15, -0.1) is 0 Å². The Morgan fingerprint density at radius 1 is 1.28 bits per heavy atom. The van der Waals surface area contributed by atoms with E-state index < -0.39 is 15.9 Å². The van der Waals surface area contributed by atoms with Crippen LogP contribution in [0.15, 0.2) is 28.7 Å². The van der Waals surface area contributed by atoms with E-state index in [1.54, 1.807) is 24.3 Å². The number of hydrogen-bond acceptors (Lipinski definition) is 3. The van der Waals surface area contributed by atoms with Crippen LogP contribution in [0.5, 0.6) is 0 Å². The van der Waals surface area contributed by atoms with Gasteiger partial charge in [0.05, 0.1) is 6.54 Å². The molecule has 1 aromatic rings. The second-order valence-corrected chi connectivity index (χ2v) is 7.77.